The lowest BCUT2D eigenvalue weighted by atomic mass is 10.1. The quantitative estimate of drug-likeness (QED) is 0.832. The Kier molecular flexibility index (Phi) is 4.14. The first-order valence-electron chi connectivity index (χ1n) is 4.11. The first-order chi connectivity index (χ1) is 6.74. The molecular formula is C10H9BrN2O. The summed E-state index contributed by atoms with van der Waals surface area (Å²) >= 11 is 3.35. The summed E-state index contributed by atoms with van der Waals surface area (Å²) in [7, 11) is 0. The number of carbonyl (C=O) groups is 1. The maximum atomic E-state index is 11.2. The van der Waals surface area contributed by atoms with Crippen LogP contribution in [0.4, 0.5) is 0 Å². The highest BCUT2D eigenvalue weighted by Crippen LogP contribution is 2.15. The summed E-state index contributed by atoms with van der Waals surface area (Å²) in [5, 5.41) is 10.7. The van der Waals surface area contributed by atoms with E-state index in [4.69, 9.17) is 5.26 Å². The Bertz CT molecular complexity index is 371. The van der Waals surface area contributed by atoms with Gasteiger partial charge in [0, 0.05) is 4.47 Å². The van der Waals surface area contributed by atoms with Gasteiger partial charge >= 0.3 is 0 Å². The van der Waals surface area contributed by atoms with E-state index in [-0.39, 0.29) is 12.5 Å². The summed E-state index contributed by atoms with van der Waals surface area (Å²) in [5.74, 6) is -0.140. The van der Waals surface area contributed by atoms with E-state index in [1.165, 1.54) is 0 Å². The number of nitriles is 1. The highest BCUT2D eigenvalue weighted by Gasteiger charge is 2.04. The smallest absolute Gasteiger partial charge is 0.225 e. The number of hydrogen-bond donors (Lipinski definition) is 1. The Morgan fingerprint density at radius 1 is 1.50 bits per heavy atom. The van der Waals surface area contributed by atoms with Crippen LogP contribution in [0.5, 0.6) is 0 Å². The maximum Gasteiger partial charge on any atom is 0.225 e. The molecule has 72 valence electrons. The van der Waals surface area contributed by atoms with E-state index in [1.807, 2.05) is 30.3 Å². The Hall–Kier alpha value is -1.34. The minimum Gasteiger partial charge on any atom is -0.343 e. The fraction of sp³-hybridized carbons (Fsp3) is 0.200. The predicted molar refractivity (Wildman–Crippen MR) is 56.5 cm³/mol. The van der Waals surface area contributed by atoms with Crippen LogP contribution in [-0.2, 0) is 11.2 Å². The van der Waals surface area contributed by atoms with Crippen molar-refractivity contribution in [1.82, 2.24) is 5.32 Å². The van der Waals surface area contributed by atoms with Gasteiger partial charge in [-0.3, -0.25) is 4.79 Å². The molecule has 1 amide bonds. The summed E-state index contributed by atoms with van der Waals surface area (Å²) < 4.78 is 0.909. The first-order valence-corrected chi connectivity index (χ1v) is 4.90. The van der Waals surface area contributed by atoms with Crippen LogP contribution in [-0.4, -0.2) is 12.5 Å². The van der Waals surface area contributed by atoms with Gasteiger partial charge in [-0.15, -0.1) is 0 Å². The highest BCUT2D eigenvalue weighted by atomic mass is 79.9. The van der Waals surface area contributed by atoms with E-state index >= 15 is 0 Å². The largest absolute Gasteiger partial charge is 0.343 e. The fourth-order valence-corrected chi connectivity index (χ4v) is 1.44. The molecule has 0 aromatic heterocycles. The average Bonchev–Trinajstić information content (AvgIpc) is 2.18. The van der Waals surface area contributed by atoms with E-state index in [0.29, 0.717) is 6.42 Å². The van der Waals surface area contributed by atoms with Gasteiger partial charge in [-0.25, -0.2) is 0 Å². The number of benzene rings is 1. The Balaban J connectivity index is 2.57. The summed E-state index contributed by atoms with van der Waals surface area (Å²) in [6.07, 6.45) is 0.295. The number of hydrogen-bond acceptors (Lipinski definition) is 2. The number of halogens is 1. The molecule has 0 saturated heterocycles. The van der Waals surface area contributed by atoms with Gasteiger partial charge < -0.3 is 5.32 Å². The van der Waals surface area contributed by atoms with Crippen LogP contribution in [0.3, 0.4) is 0 Å². The number of nitrogens with one attached hydrogen (secondary N) is 1. The van der Waals surface area contributed by atoms with Crippen LogP contribution >= 0.6 is 15.9 Å². The number of carbonyl (C=O) groups excluding carboxylic acids is 1. The molecule has 0 aliphatic heterocycles. The Labute approximate surface area is 90.9 Å². The summed E-state index contributed by atoms with van der Waals surface area (Å²) in [5.41, 5.74) is 0.919. The molecule has 0 spiro atoms. The molecule has 0 saturated carbocycles. The van der Waals surface area contributed by atoms with Crippen LogP contribution in [0.1, 0.15) is 5.56 Å². The predicted octanol–water partition coefficient (Wildman–Crippen LogP) is 1.63. The van der Waals surface area contributed by atoms with Crippen molar-refractivity contribution in [3.63, 3.8) is 0 Å². The van der Waals surface area contributed by atoms with E-state index in [2.05, 4.69) is 21.2 Å². The Morgan fingerprint density at radius 3 is 2.86 bits per heavy atom. The summed E-state index contributed by atoms with van der Waals surface area (Å²) in [6.45, 7) is 0.0588. The van der Waals surface area contributed by atoms with Crippen molar-refractivity contribution in [3.05, 3.63) is 34.3 Å². The molecule has 0 aliphatic carbocycles. The standard InChI is InChI=1S/C10H9BrN2O/c11-9-4-2-1-3-8(9)7-10(14)13-6-5-12/h1-4H,6-7H2,(H,13,14). The van der Waals surface area contributed by atoms with Gasteiger partial charge in [0.05, 0.1) is 12.5 Å². The van der Waals surface area contributed by atoms with Crippen LogP contribution in [0.15, 0.2) is 28.7 Å². The molecule has 0 atom stereocenters. The molecular weight excluding hydrogens is 244 g/mol. The molecule has 0 unspecified atom stereocenters. The number of amides is 1. The van der Waals surface area contributed by atoms with Crippen molar-refractivity contribution in [2.45, 2.75) is 6.42 Å². The molecule has 14 heavy (non-hydrogen) atoms. The highest BCUT2D eigenvalue weighted by molar-refractivity contribution is 9.10. The van der Waals surface area contributed by atoms with Gasteiger partial charge in [0.25, 0.3) is 0 Å². The van der Waals surface area contributed by atoms with E-state index in [0.717, 1.165) is 10.0 Å². The van der Waals surface area contributed by atoms with E-state index in [9.17, 15) is 4.79 Å². The van der Waals surface area contributed by atoms with Crippen molar-refractivity contribution in [2.75, 3.05) is 6.54 Å². The van der Waals surface area contributed by atoms with Crippen molar-refractivity contribution in [1.29, 1.82) is 5.26 Å². The number of nitrogens with zero attached hydrogens (tertiary/aromatic N) is 1. The lowest BCUT2D eigenvalue weighted by Crippen LogP contribution is -2.25. The molecule has 1 aromatic rings. The molecule has 1 rings (SSSR count). The van der Waals surface area contributed by atoms with Gasteiger partial charge in [0.1, 0.15) is 6.54 Å². The third-order valence-corrected chi connectivity index (χ3v) is 2.45. The molecule has 4 heteroatoms. The molecule has 1 aromatic carbocycles. The SMILES string of the molecule is N#CCNC(=O)Cc1ccccc1Br. The van der Waals surface area contributed by atoms with E-state index in [1.54, 1.807) is 0 Å². The van der Waals surface area contributed by atoms with Crippen LogP contribution in [0.2, 0.25) is 0 Å². The zero-order valence-electron chi connectivity index (χ0n) is 7.46. The molecule has 3 nitrogen and oxygen atoms in total. The van der Waals surface area contributed by atoms with Gasteiger partial charge in [0.15, 0.2) is 0 Å². The van der Waals surface area contributed by atoms with Crippen molar-refractivity contribution in [3.8, 4) is 6.07 Å². The third-order valence-electron chi connectivity index (χ3n) is 1.67. The normalized spacial score (nSPS) is 9.14. The summed E-state index contributed by atoms with van der Waals surface area (Å²) in [6, 6.07) is 9.37. The topological polar surface area (TPSA) is 52.9 Å². The fourth-order valence-electron chi connectivity index (χ4n) is 1.02. The summed E-state index contributed by atoms with van der Waals surface area (Å²) in [4.78, 5) is 11.2. The van der Waals surface area contributed by atoms with Gasteiger partial charge in [-0.05, 0) is 11.6 Å². The zero-order valence-corrected chi connectivity index (χ0v) is 9.04. The minimum atomic E-state index is -0.140. The van der Waals surface area contributed by atoms with Crippen molar-refractivity contribution < 1.29 is 4.79 Å². The molecule has 0 bridgehead atoms. The van der Waals surface area contributed by atoms with Gasteiger partial charge in [-0.2, -0.15) is 5.26 Å². The number of rotatable bonds is 3. The van der Waals surface area contributed by atoms with Crippen LogP contribution in [0.25, 0.3) is 0 Å². The maximum absolute atomic E-state index is 11.2. The second-order valence-electron chi connectivity index (χ2n) is 2.70. The second-order valence-corrected chi connectivity index (χ2v) is 3.56. The monoisotopic (exact) mass is 252 g/mol. The van der Waals surface area contributed by atoms with Crippen molar-refractivity contribution in [2.24, 2.45) is 0 Å². The first kappa shape index (κ1) is 10.7. The van der Waals surface area contributed by atoms with Gasteiger partial charge in [0.2, 0.25) is 5.91 Å². The molecule has 0 fully saturated rings. The zero-order chi connectivity index (χ0) is 10.4. The third kappa shape index (κ3) is 3.19. The Morgan fingerprint density at radius 2 is 2.21 bits per heavy atom. The molecule has 0 aliphatic rings. The van der Waals surface area contributed by atoms with Crippen LogP contribution in [0, 0.1) is 11.3 Å². The lowest BCUT2D eigenvalue weighted by Gasteiger charge is -2.03. The van der Waals surface area contributed by atoms with Crippen LogP contribution < -0.4 is 5.32 Å². The van der Waals surface area contributed by atoms with Crippen molar-refractivity contribution >= 4 is 21.8 Å². The second kappa shape index (κ2) is 5.40. The molecule has 0 heterocycles. The average molecular weight is 253 g/mol. The minimum absolute atomic E-state index is 0.0588. The van der Waals surface area contributed by atoms with E-state index < -0.39 is 0 Å². The molecule has 1 N–H and O–H groups in total. The van der Waals surface area contributed by atoms with Gasteiger partial charge in [-0.1, -0.05) is 34.1 Å². The molecule has 0 radical (unpaired) electrons. The lowest BCUT2D eigenvalue weighted by molar-refractivity contribution is -0.120.